The number of carboxylic acids is 2. The number of aliphatic carboxylic acids is 2. The fraction of sp³-hybridized carbons (Fsp3) is 0.619. The molecule has 0 aliphatic carbocycles. The van der Waals surface area contributed by atoms with Crippen LogP contribution in [0, 0.1) is 0 Å². The zero-order valence-corrected chi connectivity index (χ0v) is 19.9. The van der Waals surface area contributed by atoms with Crippen LogP contribution in [0.3, 0.4) is 0 Å². The molecular weight excluding hydrogens is 520 g/mol. The Morgan fingerprint density at radius 3 is 2.08 bits per heavy atom. The molecule has 1 aromatic heterocycles. The monoisotopic (exact) mass is 547 g/mol. The van der Waals surface area contributed by atoms with Gasteiger partial charge in [0.1, 0.15) is 11.7 Å². The molecular formula is C21H27F6N3O7. The summed E-state index contributed by atoms with van der Waals surface area (Å²) in [6, 6.07) is 5.67. The number of carbonyl (C=O) groups is 3. The highest BCUT2D eigenvalue weighted by Crippen LogP contribution is 2.35. The van der Waals surface area contributed by atoms with Crippen molar-refractivity contribution in [2.45, 2.75) is 43.3 Å². The molecule has 1 spiro atoms. The SMILES string of the molecule is CN(C)CCC(=O)N1CC2(CC(Oc3ccccn3)CCO2)C1.O=C(O)C(F)(F)F.O=C(O)C(F)(F)F. The standard InChI is InChI=1S/C17H25N3O3.2C2HF3O2/c1-19(2)9-6-16(21)20-12-17(13-20)11-14(7-10-22-17)23-15-5-3-4-8-18-15;2*3-2(4,5)1(6)7/h3-5,8,14H,6-7,9-13H2,1-2H3;2*(H,6,7). The van der Waals surface area contributed by atoms with E-state index < -0.39 is 24.3 Å². The van der Waals surface area contributed by atoms with Crippen molar-refractivity contribution in [2.75, 3.05) is 40.3 Å². The topological polar surface area (TPSA) is 130 Å². The second-order valence-corrected chi connectivity index (χ2v) is 8.34. The highest BCUT2D eigenvalue weighted by molar-refractivity contribution is 5.77. The van der Waals surface area contributed by atoms with Gasteiger partial charge in [0.25, 0.3) is 0 Å². The molecule has 2 N–H and O–H groups in total. The number of halogens is 6. The largest absolute Gasteiger partial charge is 0.490 e. The number of rotatable bonds is 5. The molecule has 37 heavy (non-hydrogen) atoms. The quantitative estimate of drug-likeness (QED) is 0.534. The van der Waals surface area contributed by atoms with Crippen molar-refractivity contribution in [2.24, 2.45) is 0 Å². The van der Waals surface area contributed by atoms with Crippen LogP contribution >= 0.6 is 0 Å². The van der Waals surface area contributed by atoms with Crippen molar-refractivity contribution in [3.8, 4) is 5.88 Å². The molecule has 3 heterocycles. The number of hydrogen-bond donors (Lipinski definition) is 2. The first kappa shape index (κ1) is 31.9. The average Bonchev–Trinajstić information content (AvgIpc) is 2.76. The van der Waals surface area contributed by atoms with E-state index in [-0.39, 0.29) is 17.6 Å². The lowest BCUT2D eigenvalue weighted by atomic mass is 9.84. The van der Waals surface area contributed by atoms with Crippen LogP contribution in [0.25, 0.3) is 0 Å². The third-order valence-electron chi connectivity index (χ3n) is 4.94. The van der Waals surface area contributed by atoms with Crippen LogP contribution in [0.2, 0.25) is 0 Å². The lowest BCUT2D eigenvalue weighted by molar-refractivity contribution is -0.193. The summed E-state index contributed by atoms with van der Waals surface area (Å²) in [6.07, 6.45) is -6.07. The number of pyridine rings is 1. The fourth-order valence-corrected chi connectivity index (χ4v) is 3.19. The molecule has 2 aliphatic rings. The van der Waals surface area contributed by atoms with Crippen LogP contribution < -0.4 is 4.74 Å². The normalized spacial score (nSPS) is 18.5. The number of alkyl halides is 6. The molecule has 0 radical (unpaired) electrons. The Morgan fingerprint density at radius 1 is 1.11 bits per heavy atom. The van der Waals surface area contributed by atoms with E-state index in [2.05, 4.69) is 4.98 Å². The van der Waals surface area contributed by atoms with Gasteiger partial charge in [-0.3, -0.25) is 4.79 Å². The van der Waals surface area contributed by atoms with E-state index in [0.29, 0.717) is 32.0 Å². The summed E-state index contributed by atoms with van der Waals surface area (Å²) >= 11 is 0. The second-order valence-electron chi connectivity index (χ2n) is 8.34. The van der Waals surface area contributed by atoms with E-state index in [0.717, 1.165) is 19.4 Å². The van der Waals surface area contributed by atoms with Crippen LogP contribution in [-0.2, 0) is 19.1 Å². The number of ether oxygens (including phenoxy) is 2. The smallest absolute Gasteiger partial charge is 0.475 e. The molecule has 0 saturated carbocycles. The molecule has 0 aromatic carbocycles. The van der Waals surface area contributed by atoms with Crippen LogP contribution in [-0.4, -0.2) is 107 Å². The predicted molar refractivity (Wildman–Crippen MR) is 114 cm³/mol. The molecule has 1 amide bonds. The lowest BCUT2D eigenvalue weighted by Gasteiger charge is -2.53. The van der Waals surface area contributed by atoms with Crippen molar-refractivity contribution in [1.82, 2.24) is 14.8 Å². The summed E-state index contributed by atoms with van der Waals surface area (Å²) in [6.45, 7) is 2.83. The van der Waals surface area contributed by atoms with Crippen LogP contribution in [0.5, 0.6) is 5.88 Å². The Bertz CT molecular complexity index is 867. The number of carboxylic acid groups (broad SMARTS) is 2. The summed E-state index contributed by atoms with van der Waals surface area (Å²) in [5.41, 5.74) is -0.217. The highest BCUT2D eigenvalue weighted by Gasteiger charge is 2.49. The molecule has 2 aliphatic heterocycles. The van der Waals surface area contributed by atoms with Crippen LogP contribution in [0.1, 0.15) is 19.3 Å². The Labute approximate surface area is 207 Å². The number of aromatic nitrogens is 1. The molecule has 10 nitrogen and oxygen atoms in total. The second kappa shape index (κ2) is 13.4. The molecule has 16 heteroatoms. The zero-order valence-electron chi connectivity index (χ0n) is 19.9. The maximum atomic E-state index is 12.1. The Morgan fingerprint density at radius 2 is 1.65 bits per heavy atom. The summed E-state index contributed by atoms with van der Waals surface area (Å²) in [7, 11) is 3.96. The van der Waals surface area contributed by atoms with Gasteiger partial charge in [0.2, 0.25) is 11.8 Å². The van der Waals surface area contributed by atoms with Gasteiger partial charge in [-0.2, -0.15) is 26.3 Å². The third-order valence-corrected chi connectivity index (χ3v) is 4.94. The molecule has 2 saturated heterocycles. The van der Waals surface area contributed by atoms with E-state index in [4.69, 9.17) is 29.3 Å². The number of hydrogen-bond acceptors (Lipinski definition) is 7. The minimum Gasteiger partial charge on any atom is -0.475 e. The molecule has 1 aromatic rings. The number of amides is 1. The van der Waals surface area contributed by atoms with Gasteiger partial charge in [-0.05, 0) is 20.2 Å². The van der Waals surface area contributed by atoms with E-state index in [9.17, 15) is 31.1 Å². The van der Waals surface area contributed by atoms with Crippen molar-refractivity contribution < 1.29 is 60.4 Å². The first-order valence-corrected chi connectivity index (χ1v) is 10.7. The first-order chi connectivity index (χ1) is 16.9. The maximum Gasteiger partial charge on any atom is 0.490 e. The zero-order chi connectivity index (χ0) is 28.4. The Hall–Kier alpha value is -3.14. The highest BCUT2D eigenvalue weighted by atomic mass is 19.4. The molecule has 2 fully saturated rings. The Balaban J connectivity index is 0.000000404. The minimum atomic E-state index is -5.08. The number of likely N-dealkylation sites (tertiary alicyclic amines) is 1. The summed E-state index contributed by atoms with van der Waals surface area (Å²) in [5.74, 6) is -4.64. The number of carbonyl (C=O) groups excluding carboxylic acids is 1. The van der Waals surface area contributed by atoms with Crippen molar-refractivity contribution in [3.05, 3.63) is 24.4 Å². The summed E-state index contributed by atoms with van der Waals surface area (Å²) in [5, 5.41) is 14.2. The predicted octanol–water partition coefficient (Wildman–Crippen LogP) is 2.44. The van der Waals surface area contributed by atoms with Gasteiger partial charge in [0.05, 0.1) is 19.7 Å². The van der Waals surface area contributed by atoms with E-state index in [1.165, 1.54) is 0 Å². The van der Waals surface area contributed by atoms with E-state index in [1.54, 1.807) is 6.20 Å². The van der Waals surface area contributed by atoms with Gasteiger partial charge in [0.15, 0.2) is 0 Å². The minimum absolute atomic E-state index is 0.109. The van der Waals surface area contributed by atoms with Crippen LogP contribution in [0.4, 0.5) is 26.3 Å². The van der Waals surface area contributed by atoms with Gasteiger partial charge in [-0.25, -0.2) is 14.6 Å². The lowest BCUT2D eigenvalue weighted by Crippen LogP contribution is -2.67. The van der Waals surface area contributed by atoms with Gasteiger partial charge in [-0.1, -0.05) is 6.07 Å². The number of nitrogens with zero attached hydrogens (tertiary/aromatic N) is 3. The third kappa shape index (κ3) is 11.6. The van der Waals surface area contributed by atoms with Gasteiger partial charge < -0.3 is 29.5 Å². The van der Waals surface area contributed by atoms with Crippen LogP contribution in [0.15, 0.2) is 24.4 Å². The van der Waals surface area contributed by atoms with E-state index >= 15 is 0 Å². The first-order valence-electron chi connectivity index (χ1n) is 10.7. The Kier molecular flexibility index (Phi) is 11.6. The van der Waals surface area contributed by atoms with Crippen molar-refractivity contribution >= 4 is 17.8 Å². The molecule has 210 valence electrons. The molecule has 1 unspecified atom stereocenters. The maximum absolute atomic E-state index is 12.1. The van der Waals surface area contributed by atoms with Crippen molar-refractivity contribution in [3.63, 3.8) is 0 Å². The molecule has 3 rings (SSSR count). The molecule has 0 bridgehead atoms. The summed E-state index contributed by atoms with van der Waals surface area (Å²) in [4.78, 5) is 38.1. The fourth-order valence-electron chi connectivity index (χ4n) is 3.19. The summed E-state index contributed by atoms with van der Waals surface area (Å²) < 4.78 is 75.4. The van der Waals surface area contributed by atoms with Crippen molar-refractivity contribution in [1.29, 1.82) is 0 Å². The van der Waals surface area contributed by atoms with Gasteiger partial charge >= 0.3 is 24.3 Å². The average molecular weight is 547 g/mol. The van der Waals surface area contributed by atoms with Gasteiger partial charge in [0, 0.05) is 38.1 Å². The van der Waals surface area contributed by atoms with Gasteiger partial charge in [-0.15, -0.1) is 0 Å². The van der Waals surface area contributed by atoms with E-state index in [1.807, 2.05) is 42.1 Å². The molecule has 1 atom stereocenters.